The Morgan fingerprint density at radius 1 is 1.44 bits per heavy atom. The highest BCUT2D eigenvalue weighted by Gasteiger charge is 2.39. The third kappa shape index (κ3) is 2.02. The highest BCUT2D eigenvalue weighted by Crippen LogP contribution is 2.32. The number of fused-ring (bicyclic) bond motifs is 1. The number of nitrogens with zero attached hydrogens (tertiary/aromatic N) is 3. The van der Waals surface area contributed by atoms with Crippen LogP contribution in [0.15, 0.2) is 0 Å². The van der Waals surface area contributed by atoms with Crippen molar-refractivity contribution in [3.05, 3.63) is 16.7 Å². The van der Waals surface area contributed by atoms with Gasteiger partial charge in [0.25, 0.3) is 5.92 Å². The van der Waals surface area contributed by atoms with E-state index in [2.05, 4.69) is 20.2 Å². The average Bonchev–Trinajstić information content (AvgIpc) is 2.69. The molecule has 98 valence electrons. The summed E-state index contributed by atoms with van der Waals surface area (Å²) in [6, 6.07) is -1.67. The number of nitrogens with two attached hydrogens (primary N) is 2. The second-order valence-corrected chi connectivity index (χ2v) is 4.21. The van der Waals surface area contributed by atoms with Crippen LogP contribution in [-0.4, -0.2) is 32.6 Å². The third-order valence-corrected chi connectivity index (χ3v) is 2.79. The molecule has 0 aliphatic heterocycles. The van der Waals surface area contributed by atoms with Gasteiger partial charge in [0.1, 0.15) is 6.04 Å². The van der Waals surface area contributed by atoms with E-state index in [1.165, 1.54) is 0 Å². The molecule has 2 aromatic heterocycles. The minimum atomic E-state index is -3.28. The summed E-state index contributed by atoms with van der Waals surface area (Å²) in [5, 5.41) is 6.62. The van der Waals surface area contributed by atoms with Crippen LogP contribution in [0.1, 0.15) is 17.4 Å². The van der Waals surface area contributed by atoms with E-state index >= 15 is 0 Å². The molecule has 0 amide bonds. The first kappa shape index (κ1) is 13.1. The maximum Gasteiger partial charge on any atom is 0.280 e. The van der Waals surface area contributed by atoms with Gasteiger partial charge in [0.15, 0.2) is 5.65 Å². The van der Waals surface area contributed by atoms with E-state index in [-0.39, 0.29) is 16.6 Å². The van der Waals surface area contributed by atoms with Gasteiger partial charge in [0, 0.05) is 5.69 Å². The lowest BCUT2D eigenvalue weighted by atomic mass is 10.0. The summed E-state index contributed by atoms with van der Waals surface area (Å²) in [6.45, 7) is 0.775. The number of halogens is 3. The summed E-state index contributed by atoms with van der Waals surface area (Å²) in [7, 11) is 0. The van der Waals surface area contributed by atoms with Crippen LogP contribution in [0.3, 0.4) is 0 Å². The SMILES string of the molecule is Cc1[nH]nc2nc(Cl)nc(C(N)C(F)(F)CN)c12. The third-order valence-electron chi connectivity index (χ3n) is 2.62. The zero-order chi connectivity index (χ0) is 13.5. The predicted octanol–water partition coefficient (Wildman–Crippen LogP) is 0.909. The molecule has 9 heteroatoms. The van der Waals surface area contributed by atoms with Crippen LogP contribution >= 0.6 is 11.6 Å². The van der Waals surface area contributed by atoms with Gasteiger partial charge in [0.05, 0.1) is 17.6 Å². The maximum absolute atomic E-state index is 13.5. The molecule has 0 aromatic carbocycles. The quantitative estimate of drug-likeness (QED) is 0.722. The molecule has 0 aliphatic rings. The van der Waals surface area contributed by atoms with E-state index in [1.54, 1.807) is 6.92 Å². The number of aryl methyl sites for hydroxylation is 1. The van der Waals surface area contributed by atoms with Crippen molar-refractivity contribution in [2.24, 2.45) is 11.5 Å². The van der Waals surface area contributed by atoms with Gasteiger partial charge in [-0.2, -0.15) is 10.1 Å². The van der Waals surface area contributed by atoms with Crippen molar-refractivity contribution in [2.75, 3.05) is 6.54 Å². The molecule has 2 heterocycles. The minimum absolute atomic E-state index is 0.0632. The van der Waals surface area contributed by atoms with Crippen molar-refractivity contribution < 1.29 is 8.78 Å². The van der Waals surface area contributed by atoms with Gasteiger partial charge in [-0.25, -0.2) is 13.8 Å². The van der Waals surface area contributed by atoms with Gasteiger partial charge in [-0.3, -0.25) is 5.10 Å². The molecular weight excluding hydrogens is 266 g/mol. The number of aromatic nitrogens is 4. The van der Waals surface area contributed by atoms with Crippen LogP contribution in [-0.2, 0) is 0 Å². The zero-order valence-corrected chi connectivity index (χ0v) is 10.2. The molecule has 18 heavy (non-hydrogen) atoms. The molecule has 2 rings (SSSR count). The summed E-state index contributed by atoms with van der Waals surface area (Å²) in [5.41, 5.74) is 11.2. The van der Waals surface area contributed by atoms with Crippen LogP contribution in [0.5, 0.6) is 0 Å². The standard InChI is InChI=1S/C9H11ClF2N6/c1-3-4-5(6(14)9(11,12)2-13)15-8(10)16-7(4)18-17-3/h6H,2,13-14H2,1H3,(H,15,16,17,18). The number of hydrogen-bond acceptors (Lipinski definition) is 5. The van der Waals surface area contributed by atoms with E-state index < -0.39 is 18.5 Å². The van der Waals surface area contributed by atoms with Gasteiger partial charge >= 0.3 is 0 Å². The van der Waals surface area contributed by atoms with Crippen molar-refractivity contribution in [3.8, 4) is 0 Å². The Morgan fingerprint density at radius 3 is 2.72 bits per heavy atom. The Balaban J connectivity index is 2.66. The molecule has 2 aromatic rings. The van der Waals surface area contributed by atoms with Gasteiger partial charge in [-0.05, 0) is 18.5 Å². The van der Waals surface area contributed by atoms with E-state index in [4.69, 9.17) is 23.1 Å². The van der Waals surface area contributed by atoms with Crippen LogP contribution in [0.25, 0.3) is 11.0 Å². The molecule has 0 radical (unpaired) electrons. The Morgan fingerprint density at radius 2 is 2.11 bits per heavy atom. The van der Waals surface area contributed by atoms with Crippen LogP contribution in [0.2, 0.25) is 5.28 Å². The fraction of sp³-hybridized carbons (Fsp3) is 0.444. The molecular formula is C9H11ClF2N6. The molecule has 5 N–H and O–H groups in total. The molecule has 0 saturated heterocycles. The van der Waals surface area contributed by atoms with Gasteiger partial charge in [0.2, 0.25) is 5.28 Å². The fourth-order valence-corrected chi connectivity index (χ4v) is 1.79. The Bertz CT molecular complexity index is 584. The van der Waals surface area contributed by atoms with Crippen molar-refractivity contribution in [1.82, 2.24) is 20.2 Å². The zero-order valence-electron chi connectivity index (χ0n) is 9.41. The predicted molar refractivity (Wildman–Crippen MR) is 62.4 cm³/mol. The van der Waals surface area contributed by atoms with Crippen molar-refractivity contribution in [3.63, 3.8) is 0 Å². The van der Waals surface area contributed by atoms with Gasteiger partial charge < -0.3 is 11.5 Å². The normalized spacial score (nSPS) is 14.1. The summed E-state index contributed by atoms with van der Waals surface area (Å²) in [4.78, 5) is 7.61. The minimum Gasteiger partial charge on any atom is -0.325 e. The van der Waals surface area contributed by atoms with Gasteiger partial charge in [-0.15, -0.1) is 0 Å². The lowest BCUT2D eigenvalue weighted by Gasteiger charge is -2.21. The molecule has 0 saturated carbocycles. The monoisotopic (exact) mass is 276 g/mol. The lowest BCUT2D eigenvalue weighted by molar-refractivity contribution is -0.0173. The van der Waals surface area contributed by atoms with Crippen LogP contribution in [0, 0.1) is 6.92 Å². The number of H-pyrrole nitrogens is 1. The van der Waals surface area contributed by atoms with Crippen molar-refractivity contribution >= 4 is 22.6 Å². The second-order valence-electron chi connectivity index (χ2n) is 3.87. The lowest BCUT2D eigenvalue weighted by Crippen LogP contribution is -2.40. The fourth-order valence-electron chi connectivity index (χ4n) is 1.62. The molecule has 1 unspecified atom stereocenters. The topological polar surface area (TPSA) is 106 Å². The first-order valence-corrected chi connectivity index (χ1v) is 5.46. The summed E-state index contributed by atoms with van der Waals surface area (Å²) in [5.74, 6) is -3.28. The number of aromatic amines is 1. The first-order valence-electron chi connectivity index (χ1n) is 5.08. The van der Waals surface area contributed by atoms with E-state index in [0.29, 0.717) is 11.1 Å². The van der Waals surface area contributed by atoms with Crippen LogP contribution in [0.4, 0.5) is 8.78 Å². The number of nitrogens with one attached hydrogen (secondary N) is 1. The molecule has 6 nitrogen and oxygen atoms in total. The molecule has 1 atom stereocenters. The second kappa shape index (κ2) is 4.38. The van der Waals surface area contributed by atoms with Gasteiger partial charge in [-0.1, -0.05) is 0 Å². The van der Waals surface area contributed by atoms with Crippen LogP contribution < -0.4 is 11.5 Å². The maximum atomic E-state index is 13.5. The molecule has 0 bridgehead atoms. The summed E-state index contributed by atoms with van der Waals surface area (Å²) < 4.78 is 27.1. The Hall–Kier alpha value is -1.38. The largest absolute Gasteiger partial charge is 0.325 e. The van der Waals surface area contributed by atoms with Crippen molar-refractivity contribution in [2.45, 2.75) is 18.9 Å². The van der Waals surface area contributed by atoms with Crippen molar-refractivity contribution in [1.29, 1.82) is 0 Å². The average molecular weight is 277 g/mol. The molecule has 0 spiro atoms. The highest BCUT2D eigenvalue weighted by molar-refractivity contribution is 6.28. The summed E-state index contributed by atoms with van der Waals surface area (Å²) in [6.07, 6.45) is 0. The molecule has 0 fully saturated rings. The molecule has 0 aliphatic carbocycles. The Labute approximate surface area is 106 Å². The Kier molecular flexibility index (Phi) is 3.18. The number of rotatable bonds is 3. The number of alkyl halides is 2. The van der Waals surface area contributed by atoms with E-state index in [0.717, 1.165) is 0 Å². The number of hydrogen-bond donors (Lipinski definition) is 3. The van der Waals surface area contributed by atoms with E-state index in [1.807, 2.05) is 0 Å². The highest BCUT2D eigenvalue weighted by atomic mass is 35.5. The van der Waals surface area contributed by atoms with E-state index in [9.17, 15) is 8.78 Å². The summed E-state index contributed by atoms with van der Waals surface area (Å²) >= 11 is 5.66. The first-order chi connectivity index (χ1) is 8.36. The smallest absolute Gasteiger partial charge is 0.280 e.